The largest absolute Gasteiger partial charge is 0.310 e. The lowest BCUT2D eigenvalue weighted by atomic mass is 9.75. The molecule has 0 saturated heterocycles. The molecular weight excluding hydrogens is 542 g/mol. The van der Waals surface area contributed by atoms with E-state index in [2.05, 4.69) is 35.6 Å². The van der Waals surface area contributed by atoms with Gasteiger partial charge < -0.3 is 15.0 Å². The first kappa shape index (κ1) is 36.9. The van der Waals surface area contributed by atoms with Gasteiger partial charge in [0, 0.05) is 18.2 Å². The molecule has 8 heteroatoms. The van der Waals surface area contributed by atoms with Gasteiger partial charge in [0.1, 0.15) is 6.29 Å². The number of nitrogens with zero attached hydrogens (tertiary/aromatic N) is 2. The SMILES string of the molecule is CC.CC.CC(=O)c1ccccc1[N+](=O)[O-].CCC=O.CNC12CCCC1C(=O)N(Cc1ccccc1)c1ccccc12. The quantitative estimate of drug-likeness (QED) is 0.135. The van der Waals surface area contributed by atoms with Crippen molar-refractivity contribution < 1.29 is 19.3 Å². The molecule has 1 aliphatic carbocycles. The Labute approximate surface area is 256 Å². The number of nitrogens with one attached hydrogen (secondary N) is 1. The second-order valence-corrected chi connectivity index (χ2v) is 9.50. The highest BCUT2D eigenvalue weighted by Crippen LogP contribution is 2.51. The topological polar surface area (TPSA) is 110 Å². The molecule has 8 nitrogen and oxygen atoms in total. The van der Waals surface area contributed by atoms with Crippen molar-refractivity contribution in [3.8, 4) is 0 Å². The predicted molar refractivity (Wildman–Crippen MR) is 174 cm³/mol. The number of ketones is 1. The standard InChI is InChI=1S/C20H22N2O.C8H7NO3.C3H6O.2C2H6/c1-21-20-13-7-11-17(20)19(23)22(14-15-8-3-2-4-9-15)18-12-6-5-10-16(18)20;1-6(10)7-4-2-3-5-8(7)9(11)12;1-2-3-4;2*1-2/h2-6,8-10,12,17,21H,7,11,13-14H2,1H3;2-5H,1H3;3H,2H2,1H3;2*1-2H3. The summed E-state index contributed by atoms with van der Waals surface area (Å²) in [6, 6.07) is 24.5. The van der Waals surface area contributed by atoms with E-state index in [1.807, 2.05) is 70.8 Å². The molecule has 3 aromatic carbocycles. The van der Waals surface area contributed by atoms with Gasteiger partial charge in [0.2, 0.25) is 5.91 Å². The number of Topliss-reactive ketones (excluding diaryl/α,β-unsaturated/α-hetero) is 1. The van der Waals surface area contributed by atoms with Crippen LogP contribution in [0.5, 0.6) is 0 Å². The van der Waals surface area contributed by atoms with Crippen LogP contribution in [0.25, 0.3) is 0 Å². The fourth-order valence-electron chi connectivity index (χ4n) is 5.35. The molecule has 1 amide bonds. The molecule has 5 rings (SSSR count). The second-order valence-electron chi connectivity index (χ2n) is 9.50. The third-order valence-electron chi connectivity index (χ3n) is 7.17. The Hall–Kier alpha value is -4.17. The highest BCUT2D eigenvalue weighted by atomic mass is 16.6. The van der Waals surface area contributed by atoms with E-state index < -0.39 is 4.92 Å². The van der Waals surface area contributed by atoms with Crippen molar-refractivity contribution in [1.82, 2.24) is 5.32 Å². The molecule has 3 aromatic rings. The molecule has 0 radical (unpaired) electrons. The van der Waals surface area contributed by atoms with Crippen LogP contribution < -0.4 is 10.2 Å². The molecule has 2 atom stereocenters. The molecular formula is C35H47N3O5. The van der Waals surface area contributed by atoms with Crippen molar-refractivity contribution in [2.24, 2.45) is 5.92 Å². The molecule has 232 valence electrons. The Kier molecular flexibility index (Phi) is 16.4. The lowest BCUT2D eigenvalue weighted by Crippen LogP contribution is -2.55. The number of carbonyl (C=O) groups is 3. The van der Waals surface area contributed by atoms with Crippen molar-refractivity contribution in [3.63, 3.8) is 0 Å². The van der Waals surface area contributed by atoms with E-state index in [9.17, 15) is 24.5 Å². The van der Waals surface area contributed by atoms with Crippen LogP contribution in [0, 0.1) is 16.0 Å². The zero-order valence-electron chi connectivity index (χ0n) is 26.6. The number of benzene rings is 3. The molecule has 43 heavy (non-hydrogen) atoms. The van der Waals surface area contributed by atoms with Gasteiger partial charge in [-0.3, -0.25) is 19.7 Å². The van der Waals surface area contributed by atoms with Crippen LogP contribution in [0.3, 0.4) is 0 Å². The van der Waals surface area contributed by atoms with E-state index in [-0.39, 0.29) is 34.4 Å². The highest BCUT2D eigenvalue weighted by Gasteiger charge is 2.53. The van der Waals surface area contributed by atoms with Crippen molar-refractivity contribution in [1.29, 1.82) is 0 Å². The molecule has 1 fully saturated rings. The number of nitro benzene ring substituents is 1. The summed E-state index contributed by atoms with van der Waals surface area (Å²) in [5.41, 5.74) is 3.36. The Morgan fingerprint density at radius 2 is 1.56 bits per heavy atom. The third-order valence-corrected chi connectivity index (χ3v) is 7.17. The summed E-state index contributed by atoms with van der Waals surface area (Å²) in [5.74, 6) is 0.0211. The van der Waals surface area contributed by atoms with Crippen LogP contribution in [0.15, 0.2) is 78.9 Å². The monoisotopic (exact) mass is 589 g/mol. The maximum atomic E-state index is 13.2. The van der Waals surface area contributed by atoms with Gasteiger partial charge in [-0.05, 0) is 50.1 Å². The summed E-state index contributed by atoms with van der Waals surface area (Å²) >= 11 is 0. The van der Waals surface area contributed by atoms with Crippen LogP contribution in [0.4, 0.5) is 11.4 Å². The molecule has 2 unspecified atom stereocenters. The maximum absolute atomic E-state index is 13.2. The maximum Gasteiger partial charge on any atom is 0.280 e. The summed E-state index contributed by atoms with van der Waals surface area (Å²) in [4.78, 5) is 45.1. The minimum atomic E-state index is -0.559. The molecule has 0 aromatic heterocycles. The van der Waals surface area contributed by atoms with E-state index in [0.29, 0.717) is 13.0 Å². The highest BCUT2D eigenvalue weighted by molar-refractivity contribution is 6.00. The smallest absolute Gasteiger partial charge is 0.280 e. The molecule has 1 saturated carbocycles. The van der Waals surface area contributed by atoms with Crippen LogP contribution in [0.1, 0.15) is 88.7 Å². The average molecular weight is 590 g/mol. The summed E-state index contributed by atoms with van der Waals surface area (Å²) in [6.45, 7) is 11.8. The van der Waals surface area contributed by atoms with E-state index in [4.69, 9.17) is 0 Å². The Morgan fingerprint density at radius 1 is 1.00 bits per heavy atom. The van der Waals surface area contributed by atoms with Gasteiger partial charge in [0.05, 0.1) is 28.5 Å². The van der Waals surface area contributed by atoms with Gasteiger partial charge >= 0.3 is 0 Å². The van der Waals surface area contributed by atoms with Crippen LogP contribution in [-0.2, 0) is 21.7 Å². The molecule has 1 aliphatic heterocycles. The van der Waals surface area contributed by atoms with Gasteiger partial charge in [-0.25, -0.2) is 0 Å². The Balaban J connectivity index is 0.000000390. The van der Waals surface area contributed by atoms with Gasteiger partial charge in [0.15, 0.2) is 5.78 Å². The lowest BCUT2D eigenvalue weighted by Gasteiger charge is -2.45. The number of hydrogen-bond acceptors (Lipinski definition) is 6. The van der Waals surface area contributed by atoms with Gasteiger partial charge in [-0.1, -0.05) is 102 Å². The summed E-state index contributed by atoms with van der Waals surface area (Å²) < 4.78 is 0. The van der Waals surface area contributed by atoms with E-state index in [1.165, 1.54) is 36.2 Å². The fourth-order valence-corrected chi connectivity index (χ4v) is 5.35. The normalized spacial score (nSPS) is 17.4. The van der Waals surface area contributed by atoms with Crippen LogP contribution in [0.2, 0.25) is 0 Å². The number of aldehydes is 1. The van der Waals surface area contributed by atoms with E-state index in [0.717, 1.165) is 31.2 Å². The lowest BCUT2D eigenvalue weighted by molar-refractivity contribution is -0.385. The fraction of sp³-hybridized carbons (Fsp3) is 0.400. The number of hydrogen-bond donors (Lipinski definition) is 1. The third kappa shape index (κ3) is 9.16. The van der Waals surface area contributed by atoms with E-state index >= 15 is 0 Å². The first-order valence-electron chi connectivity index (χ1n) is 15.1. The number of anilines is 1. The average Bonchev–Trinajstić information content (AvgIpc) is 3.52. The summed E-state index contributed by atoms with van der Waals surface area (Å²) in [6.07, 6.45) is 4.63. The number of nitro groups is 1. The van der Waals surface area contributed by atoms with Crippen LogP contribution in [-0.4, -0.2) is 29.9 Å². The minimum Gasteiger partial charge on any atom is -0.310 e. The molecule has 2 aliphatic rings. The predicted octanol–water partition coefficient (Wildman–Crippen LogP) is 7.89. The number of para-hydroxylation sites is 2. The zero-order valence-corrected chi connectivity index (χ0v) is 26.6. The Bertz CT molecular complexity index is 1280. The van der Waals surface area contributed by atoms with Gasteiger partial charge in [0.25, 0.3) is 5.69 Å². The molecule has 1 N–H and O–H groups in total. The molecule has 0 spiro atoms. The van der Waals surface area contributed by atoms with Crippen molar-refractivity contribution in [3.05, 3.63) is 106 Å². The van der Waals surface area contributed by atoms with Gasteiger partial charge in [-0.2, -0.15) is 0 Å². The number of carbonyl (C=O) groups excluding carboxylic acids is 3. The first-order chi connectivity index (χ1) is 20.8. The van der Waals surface area contributed by atoms with Crippen molar-refractivity contribution in [2.75, 3.05) is 11.9 Å². The van der Waals surface area contributed by atoms with Crippen molar-refractivity contribution in [2.45, 2.75) is 79.3 Å². The van der Waals surface area contributed by atoms with E-state index in [1.54, 1.807) is 6.07 Å². The number of fused-ring (bicyclic) bond motifs is 3. The first-order valence-corrected chi connectivity index (χ1v) is 15.1. The molecule has 1 heterocycles. The number of amides is 1. The Morgan fingerprint density at radius 3 is 2.09 bits per heavy atom. The second kappa shape index (κ2) is 19.1. The zero-order chi connectivity index (χ0) is 32.4. The van der Waals surface area contributed by atoms with Gasteiger partial charge in [-0.15, -0.1) is 0 Å². The van der Waals surface area contributed by atoms with Crippen molar-refractivity contribution >= 4 is 29.4 Å². The molecule has 0 bridgehead atoms. The number of rotatable bonds is 6. The summed E-state index contributed by atoms with van der Waals surface area (Å²) in [5, 5.41) is 13.9. The van der Waals surface area contributed by atoms with Crippen LogP contribution >= 0.6 is 0 Å². The minimum absolute atomic E-state index is 0.0473. The summed E-state index contributed by atoms with van der Waals surface area (Å²) in [7, 11) is 2.00.